The fourth-order valence-corrected chi connectivity index (χ4v) is 2.92. The van der Waals surface area contributed by atoms with Crippen LogP contribution in [-0.2, 0) is 61.6 Å². The average molecular weight is 699 g/mol. The highest BCUT2D eigenvalue weighted by Crippen LogP contribution is 1.89. The highest BCUT2D eigenvalue weighted by molar-refractivity contribution is 14.1. The molecule has 0 saturated heterocycles. The lowest BCUT2D eigenvalue weighted by molar-refractivity contribution is -0.141. The molecule has 0 N–H and O–H groups in total. The topological polar surface area (TPSA) is 128 Å². The molecule has 0 aliphatic rings. The number of hydrogen-bond donors (Lipinski definition) is 0. The van der Waals surface area contributed by atoms with E-state index in [1.165, 1.54) is 7.11 Å². The lowest BCUT2D eigenvalue weighted by Gasteiger charge is -2.09. The van der Waals surface area contributed by atoms with Gasteiger partial charge in [-0.1, -0.05) is 22.6 Å². The molecule has 0 aliphatic heterocycles. The van der Waals surface area contributed by atoms with Crippen LogP contribution in [-0.4, -0.2) is 163 Å². The Morgan fingerprint density at radius 2 is 0.575 bits per heavy atom. The third kappa shape index (κ3) is 35.8. The molecule has 0 rings (SSSR count). The zero-order valence-corrected chi connectivity index (χ0v) is 26.3. The van der Waals surface area contributed by atoms with Crippen molar-refractivity contribution in [3.05, 3.63) is 0 Å². The molecule has 0 saturated carbocycles. The fraction of sp³-hybridized carbons (Fsp3) is 0.962. The average Bonchev–Trinajstić information content (AvgIpc) is 2.97. The monoisotopic (exact) mass is 698 g/mol. The second kappa shape index (κ2) is 36.8. The predicted octanol–water partition coefficient (Wildman–Crippen LogP) is 1.17. The molecular formula is C26H51IO13. The zero-order chi connectivity index (χ0) is 29.0. The first-order chi connectivity index (χ1) is 19.8. The van der Waals surface area contributed by atoms with E-state index in [1.807, 2.05) is 0 Å². The molecule has 0 spiro atoms. The van der Waals surface area contributed by atoms with Crippen molar-refractivity contribution in [3.8, 4) is 0 Å². The molecule has 0 fully saturated rings. The standard InChI is InChI=1S/C26H51IO13/c1-29-26(28)2-4-30-6-8-32-10-12-34-14-16-36-18-20-38-22-24-40-25-23-39-21-19-37-17-15-35-13-11-33-9-7-31-5-3-27/h2-25H2,1H3. The van der Waals surface area contributed by atoms with E-state index >= 15 is 0 Å². The molecule has 13 nitrogen and oxygen atoms in total. The molecule has 0 aromatic rings. The van der Waals surface area contributed by atoms with Crippen molar-refractivity contribution in [2.24, 2.45) is 0 Å². The minimum Gasteiger partial charge on any atom is -0.469 e. The van der Waals surface area contributed by atoms with Gasteiger partial charge in [0.1, 0.15) is 0 Å². The maximum Gasteiger partial charge on any atom is 0.307 e. The van der Waals surface area contributed by atoms with Gasteiger partial charge in [-0.2, -0.15) is 0 Å². The van der Waals surface area contributed by atoms with E-state index in [-0.39, 0.29) is 12.4 Å². The summed E-state index contributed by atoms with van der Waals surface area (Å²) in [6.45, 7) is 11.4. The summed E-state index contributed by atoms with van der Waals surface area (Å²) < 4.78 is 64.9. The van der Waals surface area contributed by atoms with Crippen LogP contribution < -0.4 is 0 Å². The highest BCUT2D eigenvalue weighted by atomic mass is 127. The van der Waals surface area contributed by atoms with Crippen LogP contribution in [0.4, 0.5) is 0 Å². The Hall–Kier alpha value is -0.240. The number of rotatable bonds is 35. The minimum atomic E-state index is -0.284. The molecule has 0 atom stereocenters. The van der Waals surface area contributed by atoms with Crippen LogP contribution in [0.1, 0.15) is 6.42 Å². The molecule has 40 heavy (non-hydrogen) atoms. The van der Waals surface area contributed by atoms with Crippen molar-refractivity contribution in [2.75, 3.05) is 157 Å². The Labute approximate surface area is 253 Å². The summed E-state index contributed by atoms with van der Waals surface area (Å²) in [5.74, 6) is -0.284. The number of esters is 1. The van der Waals surface area contributed by atoms with Gasteiger partial charge in [-0.25, -0.2) is 0 Å². The van der Waals surface area contributed by atoms with Gasteiger partial charge in [-0.3, -0.25) is 4.79 Å². The van der Waals surface area contributed by atoms with Gasteiger partial charge in [-0.15, -0.1) is 0 Å². The Kier molecular flexibility index (Phi) is 36.6. The molecule has 0 aliphatic carbocycles. The third-order valence-corrected chi connectivity index (χ3v) is 5.06. The predicted molar refractivity (Wildman–Crippen MR) is 155 cm³/mol. The summed E-state index contributed by atoms with van der Waals surface area (Å²) in [6, 6.07) is 0. The molecule has 14 heteroatoms. The number of carbonyl (C=O) groups excluding carboxylic acids is 1. The third-order valence-electron chi connectivity index (χ3n) is 4.62. The number of alkyl halides is 1. The maximum absolute atomic E-state index is 10.9. The van der Waals surface area contributed by atoms with Gasteiger partial charge >= 0.3 is 5.97 Å². The molecular weight excluding hydrogens is 647 g/mol. The van der Waals surface area contributed by atoms with E-state index in [0.717, 1.165) is 11.0 Å². The number of carbonyl (C=O) groups is 1. The van der Waals surface area contributed by atoms with Crippen molar-refractivity contribution in [1.82, 2.24) is 0 Å². The largest absolute Gasteiger partial charge is 0.469 e. The number of ether oxygens (including phenoxy) is 12. The normalized spacial score (nSPS) is 11.3. The van der Waals surface area contributed by atoms with Crippen molar-refractivity contribution in [2.45, 2.75) is 6.42 Å². The van der Waals surface area contributed by atoms with Gasteiger partial charge in [0.25, 0.3) is 0 Å². The van der Waals surface area contributed by atoms with Gasteiger partial charge in [-0.05, 0) is 0 Å². The molecule has 0 radical (unpaired) electrons. The van der Waals surface area contributed by atoms with Gasteiger partial charge in [0.05, 0.1) is 159 Å². The summed E-state index contributed by atoms with van der Waals surface area (Å²) in [4.78, 5) is 10.9. The van der Waals surface area contributed by atoms with E-state index in [9.17, 15) is 4.79 Å². The SMILES string of the molecule is COC(=O)CCOCCOCCOCCOCCOCCOCCOCCOCCOCCOCCOCCI. The Balaban J connectivity index is 3.04. The van der Waals surface area contributed by atoms with Crippen LogP contribution in [0, 0.1) is 0 Å². The summed E-state index contributed by atoms with van der Waals surface area (Å²) in [6.07, 6.45) is 0.247. The van der Waals surface area contributed by atoms with Crippen molar-refractivity contribution >= 4 is 28.6 Å². The quantitative estimate of drug-likeness (QED) is 0.0407. The molecule has 0 bridgehead atoms. The van der Waals surface area contributed by atoms with Gasteiger partial charge in [0, 0.05) is 4.43 Å². The van der Waals surface area contributed by atoms with Crippen LogP contribution in [0.5, 0.6) is 0 Å². The van der Waals surface area contributed by atoms with Crippen LogP contribution in [0.25, 0.3) is 0 Å². The van der Waals surface area contributed by atoms with Crippen LogP contribution in [0.3, 0.4) is 0 Å². The molecule has 0 amide bonds. The fourth-order valence-electron chi connectivity index (χ4n) is 2.61. The Morgan fingerprint density at radius 3 is 0.775 bits per heavy atom. The first kappa shape index (κ1) is 39.8. The maximum atomic E-state index is 10.9. The summed E-state index contributed by atoms with van der Waals surface area (Å²) in [5, 5.41) is 0. The van der Waals surface area contributed by atoms with Crippen LogP contribution >= 0.6 is 22.6 Å². The number of halogens is 1. The number of hydrogen-bond acceptors (Lipinski definition) is 13. The molecule has 0 aromatic carbocycles. The van der Waals surface area contributed by atoms with Gasteiger partial charge in [0.15, 0.2) is 0 Å². The first-order valence-electron chi connectivity index (χ1n) is 13.8. The van der Waals surface area contributed by atoms with E-state index in [0.29, 0.717) is 139 Å². The second-order valence-electron chi connectivity index (χ2n) is 7.75. The minimum absolute atomic E-state index is 0.247. The van der Waals surface area contributed by atoms with Crippen molar-refractivity contribution in [3.63, 3.8) is 0 Å². The Bertz CT molecular complexity index is 492. The van der Waals surface area contributed by atoms with E-state index in [1.54, 1.807) is 0 Å². The lowest BCUT2D eigenvalue weighted by atomic mass is 10.5. The van der Waals surface area contributed by atoms with Crippen LogP contribution in [0.15, 0.2) is 0 Å². The first-order valence-corrected chi connectivity index (χ1v) is 15.3. The molecule has 0 unspecified atom stereocenters. The van der Waals surface area contributed by atoms with E-state index in [2.05, 4.69) is 27.3 Å². The molecule has 0 heterocycles. The van der Waals surface area contributed by atoms with E-state index < -0.39 is 0 Å². The van der Waals surface area contributed by atoms with Gasteiger partial charge in [0.2, 0.25) is 0 Å². The summed E-state index contributed by atoms with van der Waals surface area (Å²) in [5.41, 5.74) is 0. The van der Waals surface area contributed by atoms with E-state index in [4.69, 9.17) is 52.1 Å². The smallest absolute Gasteiger partial charge is 0.307 e. The van der Waals surface area contributed by atoms with Gasteiger partial charge < -0.3 is 56.8 Å². The molecule has 0 aromatic heterocycles. The summed E-state index contributed by atoms with van der Waals surface area (Å²) in [7, 11) is 1.35. The van der Waals surface area contributed by atoms with Crippen LogP contribution in [0.2, 0.25) is 0 Å². The van der Waals surface area contributed by atoms with Crippen molar-refractivity contribution in [1.29, 1.82) is 0 Å². The lowest BCUT2D eigenvalue weighted by Crippen LogP contribution is -2.15. The van der Waals surface area contributed by atoms with Crippen molar-refractivity contribution < 1.29 is 61.6 Å². The highest BCUT2D eigenvalue weighted by Gasteiger charge is 1.99. The Morgan fingerprint density at radius 1 is 0.375 bits per heavy atom. The second-order valence-corrected chi connectivity index (χ2v) is 8.83. The number of methoxy groups -OCH3 is 1. The molecule has 240 valence electrons. The zero-order valence-electron chi connectivity index (χ0n) is 24.2. The summed E-state index contributed by atoms with van der Waals surface area (Å²) >= 11 is 2.27.